The van der Waals surface area contributed by atoms with E-state index in [0.717, 1.165) is 33.9 Å². The summed E-state index contributed by atoms with van der Waals surface area (Å²) in [4.78, 5) is 11.1. The van der Waals surface area contributed by atoms with Gasteiger partial charge in [-0.2, -0.15) is 0 Å². The van der Waals surface area contributed by atoms with Gasteiger partial charge in [0.25, 0.3) is 0 Å². The lowest BCUT2D eigenvalue weighted by Crippen LogP contribution is -2.36. The Morgan fingerprint density at radius 3 is 2.88 bits per heavy atom. The molecule has 0 aliphatic carbocycles. The van der Waals surface area contributed by atoms with Gasteiger partial charge in [0.1, 0.15) is 0 Å². The van der Waals surface area contributed by atoms with Crippen molar-refractivity contribution in [3.05, 3.63) is 16.0 Å². The number of hydrogen-bond donors (Lipinski definition) is 0. The second-order valence-corrected chi connectivity index (χ2v) is 6.17. The molecule has 3 nitrogen and oxygen atoms in total. The lowest BCUT2D eigenvalue weighted by Gasteiger charge is -2.32. The van der Waals surface area contributed by atoms with Gasteiger partial charge in [0.05, 0.1) is 0 Å². The molecule has 1 saturated heterocycles. The Morgan fingerprint density at radius 2 is 2.19 bits per heavy atom. The SMILES string of the molecule is BrCCC1CCCN(c2ncc(I)cn2)C1. The maximum atomic E-state index is 4.39. The van der Waals surface area contributed by atoms with Crippen molar-refractivity contribution in [2.45, 2.75) is 19.3 Å². The molecule has 1 aliphatic heterocycles. The summed E-state index contributed by atoms with van der Waals surface area (Å²) in [5.74, 6) is 1.68. The zero-order valence-corrected chi connectivity index (χ0v) is 12.8. The van der Waals surface area contributed by atoms with Crippen molar-refractivity contribution in [1.82, 2.24) is 9.97 Å². The largest absolute Gasteiger partial charge is 0.341 e. The van der Waals surface area contributed by atoms with Gasteiger partial charge < -0.3 is 4.90 Å². The molecule has 5 heteroatoms. The zero-order chi connectivity index (χ0) is 11.4. The van der Waals surface area contributed by atoms with Gasteiger partial charge in [-0.3, -0.25) is 0 Å². The van der Waals surface area contributed by atoms with E-state index in [9.17, 15) is 0 Å². The molecule has 0 spiro atoms. The summed E-state index contributed by atoms with van der Waals surface area (Å²) in [6.45, 7) is 2.20. The first-order valence-corrected chi connectivity index (χ1v) is 7.78. The molecule has 0 bridgehead atoms. The topological polar surface area (TPSA) is 29.0 Å². The molecule has 16 heavy (non-hydrogen) atoms. The Balaban J connectivity index is 2.01. The number of alkyl halides is 1. The second-order valence-electron chi connectivity index (χ2n) is 4.13. The summed E-state index contributed by atoms with van der Waals surface area (Å²) < 4.78 is 1.09. The lowest BCUT2D eigenvalue weighted by molar-refractivity contribution is 0.404. The lowest BCUT2D eigenvalue weighted by atomic mass is 9.96. The highest BCUT2D eigenvalue weighted by atomic mass is 127. The zero-order valence-electron chi connectivity index (χ0n) is 9.07. The first-order valence-electron chi connectivity index (χ1n) is 5.58. The summed E-state index contributed by atoms with van der Waals surface area (Å²) in [5, 5.41) is 1.10. The van der Waals surface area contributed by atoms with E-state index >= 15 is 0 Å². The van der Waals surface area contributed by atoms with E-state index in [2.05, 4.69) is 53.4 Å². The van der Waals surface area contributed by atoms with Gasteiger partial charge >= 0.3 is 0 Å². The molecule has 1 unspecified atom stereocenters. The molecule has 0 saturated carbocycles. The summed E-state index contributed by atoms with van der Waals surface area (Å²) in [6.07, 6.45) is 7.62. The standard InChI is InChI=1S/C11H15BrIN3/c12-4-3-9-2-1-5-16(8-9)11-14-6-10(13)7-15-11/h6-7,9H,1-5,8H2. The van der Waals surface area contributed by atoms with Crippen molar-refractivity contribution in [1.29, 1.82) is 0 Å². The van der Waals surface area contributed by atoms with Crippen molar-refractivity contribution in [2.75, 3.05) is 23.3 Å². The third-order valence-corrected chi connectivity index (χ3v) is 3.94. The summed E-state index contributed by atoms with van der Waals surface area (Å²) in [5.41, 5.74) is 0. The average molecular weight is 396 g/mol. The highest BCUT2D eigenvalue weighted by molar-refractivity contribution is 14.1. The summed E-state index contributed by atoms with van der Waals surface area (Å²) in [7, 11) is 0. The second kappa shape index (κ2) is 6.14. The van der Waals surface area contributed by atoms with Crippen LogP contribution in [0.1, 0.15) is 19.3 Å². The van der Waals surface area contributed by atoms with Crippen LogP contribution < -0.4 is 4.90 Å². The third-order valence-electron chi connectivity index (χ3n) is 2.93. The molecule has 1 aliphatic rings. The minimum Gasteiger partial charge on any atom is -0.341 e. The van der Waals surface area contributed by atoms with Crippen LogP contribution >= 0.6 is 38.5 Å². The van der Waals surface area contributed by atoms with Gasteiger partial charge in [-0.1, -0.05) is 15.9 Å². The van der Waals surface area contributed by atoms with Crippen LogP contribution in [0, 0.1) is 9.49 Å². The Kier molecular flexibility index (Phi) is 4.81. The number of piperidine rings is 1. The van der Waals surface area contributed by atoms with Gasteiger partial charge in [-0.05, 0) is 47.8 Å². The molecule has 0 amide bonds. The van der Waals surface area contributed by atoms with Crippen LogP contribution in [-0.2, 0) is 0 Å². The molecule has 0 N–H and O–H groups in total. The number of aromatic nitrogens is 2. The first-order chi connectivity index (χ1) is 7.79. The van der Waals surface area contributed by atoms with E-state index in [1.54, 1.807) is 0 Å². The van der Waals surface area contributed by atoms with Crippen molar-refractivity contribution in [3.8, 4) is 0 Å². The molecular weight excluding hydrogens is 381 g/mol. The molecule has 1 aromatic rings. The minimum absolute atomic E-state index is 0.788. The van der Waals surface area contributed by atoms with Crippen molar-refractivity contribution < 1.29 is 0 Å². The van der Waals surface area contributed by atoms with Gasteiger partial charge in [0.2, 0.25) is 5.95 Å². The maximum Gasteiger partial charge on any atom is 0.225 e. The maximum absolute atomic E-state index is 4.39. The molecule has 0 radical (unpaired) electrons. The molecule has 2 heterocycles. The number of anilines is 1. The number of nitrogens with zero attached hydrogens (tertiary/aromatic N) is 3. The highest BCUT2D eigenvalue weighted by Gasteiger charge is 2.20. The van der Waals surface area contributed by atoms with E-state index in [0.29, 0.717) is 0 Å². The van der Waals surface area contributed by atoms with Gasteiger partial charge in [0.15, 0.2) is 0 Å². The Bertz CT molecular complexity index is 329. The van der Waals surface area contributed by atoms with Crippen LogP contribution in [0.5, 0.6) is 0 Å². The average Bonchev–Trinajstić information content (AvgIpc) is 2.31. The van der Waals surface area contributed by atoms with Crippen molar-refractivity contribution in [3.63, 3.8) is 0 Å². The van der Waals surface area contributed by atoms with Crippen LogP contribution in [0.2, 0.25) is 0 Å². The van der Waals surface area contributed by atoms with Gasteiger partial charge in [0, 0.05) is 34.4 Å². The van der Waals surface area contributed by atoms with E-state index in [4.69, 9.17) is 0 Å². The van der Waals surface area contributed by atoms with Crippen LogP contribution in [-0.4, -0.2) is 28.4 Å². The molecular formula is C11H15BrIN3. The molecule has 2 rings (SSSR count). The molecule has 1 aromatic heterocycles. The Morgan fingerprint density at radius 1 is 1.44 bits per heavy atom. The van der Waals surface area contributed by atoms with Crippen LogP contribution in [0.25, 0.3) is 0 Å². The minimum atomic E-state index is 0.788. The Labute approximate surface area is 118 Å². The summed E-state index contributed by atoms with van der Waals surface area (Å²) in [6, 6.07) is 0. The number of halogens is 2. The number of rotatable bonds is 3. The highest BCUT2D eigenvalue weighted by Crippen LogP contribution is 2.23. The van der Waals surface area contributed by atoms with Gasteiger partial charge in [-0.25, -0.2) is 9.97 Å². The van der Waals surface area contributed by atoms with E-state index < -0.39 is 0 Å². The van der Waals surface area contributed by atoms with Crippen molar-refractivity contribution in [2.24, 2.45) is 5.92 Å². The predicted octanol–water partition coefficient (Wildman–Crippen LogP) is 3.08. The van der Waals surface area contributed by atoms with Crippen molar-refractivity contribution >= 4 is 44.5 Å². The van der Waals surface area contributed by atoms with Crippen LogP contribution in [0.15, 0.2) is 12.4 Å². The molecule has 0 aromatic carbocycles. The van der Waals surface area contributed by atoms with E-state index in [1.807, 2.05) is 12.4 Å². The van der Waals surface area contributed by atoms with E-state index in [1.165, 1.54) is 19.3 Å². The quantitative estimate of drug-likeness (QED) is 0.581. The fraction of sp³-hybridized carbons (Fsp3) is 0.636. The smallest absolute Gasteiger partial charge is 0.225 e. The monoisotopic (exact) mass is 395 g/mol. The van der Waals surface area contributed by atoms with E-state index in [-0.39, 0.29) is 0 Å². The fourth-order valence-corrected chi connectivity index (χ4v) is 3.03. The molecule has 88 valence electrons. The fourth-order valence-electron chi connectivity index (χ4n) is 2.11. The molecule has 1 atom stereocenters. The normalized spacial score (nSPS) is 21.1. The van der Waals surface area contributed by atoms with Crippen LogP contribution in [0.4, 0.5) is 5.95 Å². The first kappa shape index (κ1) is 12.5. The van der Waals surface area contributed by atoms with Crippen LogP contribution in [0.3, 0.4) is 0 Å². The predicted molar refractivity (Wildman–Crippen MR) is 78.1 cm³/mol. The number of hydrogen-bond acceptors (Lipinski definition) is 3. The third kappa shape index (κ3) is 3.29. The summed E-state index contributed by atoms with van der Waals surface area (Å²) >= 11 is 5.75. The molecule has 1 fully saturated rings. The Hall–Kier alpha value is 0.0900. The van der Waals surface area contributed by atoms with Gasteiger partial charge in [-0.15, -0.1) is 0 Å².